The first kappa shape index (κ1) is 99.1. The Bertz CT molecular complexity index is 1960. The third-order valence-corrected chi connectivity index (χ3v) is 21.0. The van der Waals surface area contributed by atoms with E-state index in [1.165, 1.54) is 238 Å². The molecule has 0 heterocycles. The van der Waals surface area contributed by atoms with Crippen LogP contribution in [0, 0.1) is 17.8 Å². The van der Waals surface area contributed by atoms with Crippen molar-refractivity contribution in [3.8, 4) is 0 Å². The molecule has 0 amide bonds. The molecule has 0 spiro atoms. The minimum atomic E-state index is -4.96. The summed E-state index contributed by atoms with van der Waals surface area (Å²) < 4.78 is 68.8. The molecule has 101 heavy (non-hydrogen) atoms. The van der Waals surface area contributed by atoms with Gasteiger partial charge in [0, 0.05) is 25.7 Å². The molecule has 0 aromatic heterocycles. The van der Waals surface area contributed by atoms with E-state index in [0.717, 1.165) is 108 Å². The molecule has 0 fully saturated rings. The van der Waals surface area contributed by atoms with Gasteiger partial charge in [0.15, 0.2) is 12.2 Å². The summed E-state index contributed by atoms with van der Waals surface area (Å²) in [7, 11) is -9.92. The molecule has 600 valence electrons. The topological polar surface area (TPSA) is 237 Å². The predicted octanol–water partition coefficient (Wildman–Crippen LogP) is 24.5. The van der Waals surface area contributed by atoms with Crippen LogP contribution in [0.3, 0.4) is 0 Å². The van der Waals surface area contributed by atoms with Crippen LogP contribution < -0.4 is 0 Å². The van der Waals surface area contributed by atoms with Crippen molar-refractivity contribution in [3.63, 3.8) is 0 Å². The molecule has 2 unspecified atom stereocenters. The molecule has 17 nitrogen and oxygen atoms in total. The maximum absolute atomic E-state index is 13.1. The molecule has 0 aromatic rings. The highest BCUT2D eigenvalue weighted by Gasteiger charge is 2.30. The quantitative estimate of drug-likeness (QED) is 0.0222. The van der Waals surface area contributed by atoms with E-state index in [2.05, 4.69) is 48.5 Å². The lowest BCUT2D eigenvalue weighted by Crippen LogP contribution is -2.30. The van der Waals surface area contributed by atoms with E-state index in [1.807, 2.05) is 0 Å². The number of carbonyl (C=O) groups is 4. The first-order chi connectivity index (χ1) is 48.7. The monoisotopic (exact) mass is 1480 g/mol. The van der Waals surface area contributed by atoms with Crippen LogP contribution in [0.2, 0.25) is 0 Å². The zero-order valence-electron chi connectivity index (χ0n) is 66.4. The summed E-state index contributed by atoms with van der Waals surface area (Å²) in [4.78, 5) is 73.1. The molecule has 0 saturated heterocycles. The number of ether oxygens (including phenoxy) is 4. The molecular weight excluding hydrogens is 1320 g/mol. The van der Waals surface area contributed by atoms with Crippen molar-refractivity contribution in [2.45, 2.75) is 446 Å². The Kier molecular flexibility index (Phi) is 70.9. The Morgan fingerprint density at radius 1 is 0.267 bits per heavy atom. The second-order valence-corrected chi connectivity index (χ2v) is 33.8. The fraction of sp³-hybridized carbons (Fsp3) is 0.951. The molecule has 0 rings (SSSR count). The predicted molar refractivity (Wildman–Crippen MR) is 414 cm³/mol. The second-order valence-electron chi connectivity index (χ2n) is 30.9. The van der Waals surface area contributed by atoms with Crippen LogP contribution >= 0.6 is 15.6 Å². The molecule has 3 N–H and O–H groups in total. The van der Waals surface area contributed by atoms with Crippen LogP contribution in [0.15, 0.2) is 0 Å². The van der Waals surface area contributed by atoms with Gasteiger partial charge in [-0.3, -0.25) is 37.3 Å². The second kappa shape index (κ2) is 72.3. The number of carbonyl (C=O) groups excluding carboxylic acids is 4. The van der Waals surface area contributed by atoms with Gasteiger partial charge in [0.2, 0.25) is 0 Å². The van der Waals surface area contributed by atoms with E-state index in [-0.39, 0.29) is 25.7 Å². The van der Waals surface area contributed by atoms with E-state index in [1.54, 1.807) is 0 Å². The number of phosphoric acid groups is 2. The molecule has 0 bridgehead atoms. The van der Waals surface area contributed by atoms with E-state index in [4.69, 9.17) is 37.0 Å². The maximum atomic E-state index is 13.1. The van der Waals surface area contributed by atoms with Crippen LogP contribution in [0.5, 0.6) is 0 Å². The fourth-order valence-electron chi connectivity index (χ4n) is 12.7. The third kappa shape index (κ3) is 76.1. The largest absolute Gasteiger partial charge is 0.472 e. The van der Waals surface area contributed by atoms with Gasteiger partial charge < -0.3 is 33.8 Å². The summed E-state index contributed by atoms with van der Waals surface area (Å²) in [6, 6.07) is 0. The highest BCUT2D eigenvalue weighted by molar-refractivity contribution is 7.47. The van der Waals surface area contributed by atoms with E-state index in [9.17, 15) is 43.2 Å². The number of hydrogen-bond acceptors (Lipinski definition) is 15. The van der Waals surface area contributed by atoms with Crippen molar-refractivity contribution in [1.29, 1.82) is 0 Å². The van der Waals surface area contributed by atoms with E-state index < -0.39 is 97.5 Å². The summed E-state index contributed by atoms with van der Waals surface area (Å²) in [5, 5.41) is 10.7. The van der Waals surface area contributed by atoms with Crippen LogP contribution in [-0.4, -0.2) is 96.7 Å². The smallest absolute Gasteiger partial charge is 0.462 e. The molecule has 19 heteroatoms. The number of aliphatic hydroxyl groups excluding tert-OH is 1. The van der Waals surface area contributed by atoms with Crippen LogP contribution in [0.25, 0.3) is 0 Å². The Labute approximate surface area is 619 Å². The van der Waals surface area contributed by atoms with Gasteiger partial charge in [0.05, 0.1) is 26.4 Å². The average molecular weight is 1480 g/mol. The van der Waals surface area contributed by atoms with Crippen molar-refractivity contribution in [2.24, 2.45) is 17.8 Å². The number of phosphoric ester groups is 2. The normalized spacial score (nSPS) is 14.0. The molecule has 0 radical (unpaired) electrons. The fourth-order valence-corrected chi connectivity index (χ4v) is 14.2. The number of esters is 4. The first-order valence-corrected chi connectivity index (χ1v) is 45.3. The summed E-state index contributed by atoms with van der Waals surface area (Å²) in [6.07, 6.45) is 60.9. The van der Waals surface area contributed by atoms with Crippen LogP contribution in [-0.2, 0) is 65.4 Å². The van der Waals surface area contributed by atoms with Gasteiger partial charge in [-0.15, -0.1) is 0 Å². The highest BCUT2D eigenvalue weighted by atomic mass is 31.2. The Balaban J connectivity index is 5.27. The Morgan fingerprint density at radius 2 is 0.455 bits per heavy atom. The lowest BCUT2D eigenvalue weighted by Gasteiger charge is -2.21. The molecule has 0 aliphatic rings. The van der Waals surface area contributed by atoms with Crippen LogP contribution in [0.1, 0.15) is 427 Å². The van der Waals surface area contributed by atoms with Gasteiger partial charge in [0.25, 0.3) is 0 Å². The number of unbranched alkanes of at least 4 members (excludes halogenated alkanes) is 48. The molecule has 0 aliphatic carbocycles. The van der Waals surface area contributed by atoms with Gasteiger partial charge in [0.1, 0.15) is 19.3 Å². The molecule has 0 aliphatic heterocycles. The lowest BCUT2D eigenvalue weighted by atomic mass is 10.0. The van der Waals surface area contributed by atoms with Crippen molar-refractivity contribution in [3.05, 3.63) is 0 Å². The molecule has 5 atom stereocenters. The van der Waals surface area contributed by atoms with Gasteiger partial charge >= 0.3 is 39.5 Å². The molecular formula is C82H160O17P2. The number of hydrogen-bond donors (Lipinski definition) is 3. The minimum absolute atomic E-state index is 0.107. The van der Waals surface area contributed by atoms with Gasteiger partial charge in [-0.05, 0) is 43.4 Å². The number of aliphatic hydroxyl groups is 1. The Morgan fingerprint density at radius 3 is 0.673 bits per heavy atom. The lowest BCUT2D eigenvalue weighted by molar-refractivity contribution is -0.161. The number of rotatable bonds is 80. The zero-order valence-corrected chi connectivity index (χ0v) is 68.2. The standard InChI is InChI=1S/C82H160O17P2/c1-8-9-10-11-12-13-14-28-35-42-49-56-63-79(84)92-69-77(99-82(87)66-59-52-45-38-31-24-23-27-34-41-48-55-62-75(6)7)71-96-100(88,89)94-67-76(83)68-95-101(90,91)97-72-78(70-93-80(85)64-57-50-43-36-29-22-18-20-26-33-40-47-54-61-74(4)5)98-81(86)65-58-51-44-37-30-21-17-15-16-19-25-32-39-46-53-60-73(2)3/h73-78,83H,8-72H2,1-7H3,(H,88,89)(H,90,91)/t76-,77+,78+/m0/s1. The minimum Gasteiger partial charge on any atom is -0.462 e. The van der Waals surface area contributed by atoms with Gasteiger partial charge in [-0.2, -0.15) is 0 Å². The average Bonchev–Trinajstić information content (AvgIpc) is 0.943. The summed E-state index contributed by atoms with van der Waals surface area (Å²) in [5.41, 5.74) is 0. The van der Waals surface area contributed by atoms with Crippen molar-refractivity contribution >= 4 is 39.5 Å². The third-order valence-electron chi connectivity index (χ3n) is 19.1. The van der Waals surface area contributed by atoms with Crippen molar-refractivity contribution < 1.29 is 80.2 Å². The van der Waals surface area contributed by atoms with E-state index >= 15 is 0 Å². The summed E-state index contributed by atoms with van der Waals surface area (Å²) >= 11 is 0. The zero-order chi connectivity index (χ0) is 74.4. The van der Waals surface area contributed by atoms with Crippen molar-refractivity contribution in [1.82, 2.24) is 0 Å². The Hall–Kier alpha value is -1.94. The highest BCUT2D eigenvalue weighted by Crippen LogP contribution is 2.45. The SMILES string of the molecule is CCCCCCCCCCCCCCC(=O)OC[C@H](COP(=O)(O)OC[C@H](O)COP(=O)(O)OC[C@@H](COC(=O)CCCCCCCCCCCCCCCC(C)C)OC(=O)CCCCCCCCCCCCCCCCCC(C)C)OC(=O)CCCCCCCCCCCCCCC(C)C. The maximum Gasteiger partial charge on any atom is 0.472 e. The van der Waals surface area contributed by atoms with Gasteiger partial charge in [-0.1, -0.05) is 376 Å². The van der Waals surface area contributed by atoms with Crippen LogP contribution in [0.4, 0.5) is 0 Å². The molecule has 0 saturated carbocycles. The summed E-state index contributed by atoms with van der Waals surface area (Å²) in [5.74, 6) is 0.263. The van der Waals surface area contributed by atoms with E-state index in [0.29, 0.717) is 25.7 Å². The first-order valence-electron chi connectivity index (χ1n) is 42.3. The van der Waals surface area contributed by atoms with Gasteiger partial charge in [-0.25, -0.2) is 9.13 Å². The summed E-state index contributed by atoms with van der Waals surface area (Å²) in [6.45, 7) is 12.0. The van der Waals surface area contributed by atoms with Crippen molar-refractivity contribution in [2.75, 3.05) is 39.6 Å². The molecule has 0 aromatic carbocycles.